The summed E-state index contributed by atoms with van der Waals surface area (Å²) in [5.41, 5.74) is 1.45. The minimum atomic E-state index is 1.12. The first-order valence-corrected chi connectivity index (χ1v) is 12.0. The lowest BCUT2D eigenvalue weighted by Crippen LogP contribution is -2.37. The predicted molar refractivity (Wildman–Crippen MR) is 121 cm³/mol. The highest BCUT2D eigenvalue weighted by Gasteiger charge is 2.14. The molecule has 1 heterocycles. The van der Waals surface area contributed by atoms with Gasteiger partial charge in [-0.15, -0.1) is 0 Å². The fourth-order valence-corrected chi connectivity index (χ4v) is 4.18. The lowest BCUT2D eigenvalue weighted by molar-refractivity contribution is -0.704. The highest BCUT2D eigenvalue weighted by molar-refractivity contribution is 5.14. The third-order valence-electron chi connectivity index (χ3n) is 5.87. The van der Waals surface area contributed by atoms with Gasteiger partial charge in [0.15, 0.2) is 0 Å². The normalized spacial score (nSPS) is 11.2. The van der Waals surface area contributed by atoms with E-state index in [0.717, 1.165) is 13.0 Å². The van der Waals surface area contributed by atoms with Crippen LogP contribution in [0.4, 0.5) is 0 Å². The lowest BCUT2D eigenvalue weighted by atomic mass is 10.1. The highest BCUT2D eigenvalue weighted by atomic mass is 15.1. The quantitative estimate of drug-likeness (QED) is 0.220. The van der Waals surface area contributed by atoms with Gasteiger partial charge in [-0.2, -0.15) is 0 Å². The first-order valence-electron chi connectivity index (χ1n) is 12.0. The molecule has 2 nitrogen and oxygen atoms in total. The molecule has 0 saturated carbocycles. The van der Waals surface area contributed by atoms with Gasteiger partial charge in [0, 0.05) is 6.42 Å². The standard InChI is InChI=1S/C26H43N2/c1-3-5-6-7-8-9-10-11-12-16-21-27-23-24-28(26(27)4-2)22-17-20-25-18-14-13-15-19-25/h13-15,18-19,23-24H,3-12,16-17,20-22H2,1-2H3/q+1. The molecule has 156 valence electrons. The molecule has 1 aromatic carbocycles. The Labute approximate surface area is 174 Å². The summed E-state index contributed by atoms with van der Waals surface area (Å²) in [5.74, 6) is 1.49. The van der Waals surface area contributed by atoms with Crippen molar-refractivity contribution in [2.24, 2.45) is 0 Å². The zero-order valence-corrected chi connectivity index (χ0v) is 18.5. The Balaban J connectivity index is 1.60. The minimum Gasteiger partial charge on any atom is -0.234 e. The van der Waals surface area contributed by atoms with Crippen molar-refractivity contribution in [3.8, 4) is 0 Å². The van der Waals surface area contributed by atoms with E-state index in [1.54, 1.807) is 0 Å². The molecule has 0 aliphatic rings. The fraction of sp³-hybridized carbons (Fsp3) is 0.654. The molecule has 28 heavy (non-hydrogen) atoms. The maximum atomic E-state index is 2.49. The van der Waals surface area contributed by atoms with Gasteiger partial charge in [-0.05, 0) is 31.2 Å². The first-order chi connectivity index (χ1) is 13.8. The molecular formula is C26H43N2+. The average molecular weight is 384 g/mol. The molecule has 0 N–H and O–H groups in total. The number of hydrogen-bond donors (Lipinski definition) is 0. The third-order valence-corrected chi connectivity index (χ3v) is 5.87. The van der Waals surface area contributed by atoms with E-state index in [0.29, 0.717) is 0 Å². The van der Waals surface area contributed by atoms with E-state index in [1.807, 2.05) is 0 Å². The van der Waals surface area contributed by atoms with Crippen molar-refractivity contribution in [3.05, 3.63) is 54.1 Å². The Morgan fingerprint density at radius 2 is 1.39 bits per heavy atom. The van der Waals surface area contributed by atoms with Crippen molar-refractivity contribution in [1.82, 2.24) is 4.57 Å². The van der Waals surface area contributed by atoms with Crippen LogP contribution in [0.3, 0.4) is 0 Å². The SMILES string of the molecule is CCCCCCCCCCCCn1cc[n+](CCCc2ccccc2)c1CC. The summed E-state index contributed by atoms with van der Waals surface area (Å²) in [6.45, 7) is 6.90. The Morgan fingerprint density at radius 1 is 0.750 bits per heavy atom. The largest absolute Gasteiger partial charge is 0.256 e. The first kappa shape index (κ1) is 22.7. The van der Waals surface area contributed by atoms with Gasteiger partial charge in [-0.3, -0.25) is 0 Å². The summed E-state index contributed by atoms with van der Waals surface area (Å²) < 4.78 is 4.96. The molecule has 0 aliphatic carbocycles. The fourth-order valence-electron chi connectivity index (χ4n) is 4.18. The van der Waals surface area contributed by atoms with E-state index in [9.17, 15) is 0 Å². The number of imidazole rings is 1. The van der Waals surface area contributed by atoms with E-state index in [1.165, 1.54) is 95.0 Å². The van der Waals surface area contributed by atoms with Gasteiger partial charge < -0.3 is 0 Å². The number of aromatic nitrogens is 2. The molecule has 0 aliphatic heterocycles. The molecule has 2 aromatic rings. The van der Waals surface area contributed by atoms with Gasteiger partial charge >= 0.3 is 0 Å². The van der Waals surface area contributed by atoms with Crippen LogP contribution in [0.25, 0.3) is 0 Å². The Kier molecular flexibility index (Phi) is 11.7. The topological polar surface area (TPSA) is 8.81 Å². The van der Waals surface area contributed by atoms with E-state index in [2.05, 4.69) is 65.7 Å². The monoisotopic (exact) mass is 383 g/mol. The molecule has 0 radical (unpaired) electrons. The van der Waals surface area contributed by atoms with Gasteiger partial charge in [0.25, 0.3) is 5.82 Å². The van der Waals surface area contributed by atoms with Crippen LogP contribution >= 0.6 is 0 Å². The lowest BCUT2D eigenvalue weighted by Gasteiger charge is -2.05. The van der Waals surface area contributed by atoms with Gasteiger partial charge in [-0.1, -0.05) is 95.5 Å². The maximum absolute atomic E-state index is 2.49. The van der Waals surface area contributed by atoms with Crippen LogP contribution in [-0.4, -0.2) is 4.57 Å². The molecule has 0 fully saturated rings. The Bertz CT molecular complexity index is 615. The number of hydrogen-bond acceptors (Lipinski definition) is 0. The maximum Gasteiger partial charge on any atom is 0.256 e. The number of rotatable bonds is 16. The molecule has 0 amide bonds. The molecular weight excluding hydrogens is 340 g/mol. The predicted octanol–water partition coefficient (Wildman–Crippen LogP) is 6.89. The summed E-state index contributed by atoms with van der Waals surface area (Å²) in [7, 11) is 0. The number of unbranched alkanes of at least 4 members (excludes halogenated alkanes) is 9. The van der Waals surface area contributed by atoms with Crippen molar-refractivity contribution in [2.75, 3.05) is 0 Å². The molecule has 0 bridgehead atoms. The second-order valence-electron chi connectivity index (χ2n) is 8.23. The van der Waals surface area contributed by atoms with E-state index < -0.39 is 0 Å². The molecule has 0 unspecified atom stereocenters. The minimum absolute atomic E-state index is 1.12. The van der Waals surface area contributed by atoms with E-state index >= 15 is 0 Å². The summed E-state index contributed by atoms with van der Waals surface area (Å²) in [6, 6.07) is 10.9. The van der Waals surface area contributed by atoms with Crippen molar-refractivity contribution >= 4 is 0 Å². The van der Waals surface area contributed by atoms with Crippen molar-refractivity contribution in [3.63, 3.8) is 0 Å². The summed E-state index contributed by atoms with van der Waals surface area (Å²) in [4.78, 5) is 0. The highest BCUT2D eigenvalue weighted by Crippen LogP contribution is 2.11. The smallest absolute Gasteiger partial charge is 0.234 e. The summed E-state index contributed by atoms with van der Waals surface area (Å²) in [6.07, 6.45) is 22.2. The summed E-state index contributed by atoms with van der Waals surface area (Å²) >= 11 is 0. The van der Waals surface area contributed by atoms with Crippen LogP contribution in [0.5, 0.6) is 0 Å². The number of aryl methyl sites for hydroxylation is 3. The van der Waals surface area contributed by atoms with E-state index in [-0.39, 0.29) is 0 Å². The van der Waals surface area contributed by atoms with Crippen LogP contribution in [0.15, 0.2) is 42.7 Å². The third kappa shape index (κ3) is 8.63. The van der Waals surface area contributed by atoms with Gasteiger partial charge in [0.05, 0.1) is 13.1 Å². The van der Waals surface area contributed by atoms with Crippen molar-refractivity contribution in [2.45, 2.75) is 110 Å². The number of nitrogens with zero attached hydrogens (tertiary/aromatic N) is 2. The van der Waals surface area contributed by atoms with Crippen LogP contribution in [-0.2, 0) is 25.9 Å². The Morgan fingerprint density at radius 3 is 2.04 bits per heavy atom. The number of benzene rings is 1. The zero-order chi connectivity index (χ0) is 19.9. The molecule has 0 atom stereocenters. The van der Waals surface area contributed by atoms with Crippen molar-refractivity contribution < 1.29 is 4.57 Å². The second-order valence-corrected chi connectivity index (χ2v) is 8.23. The van der Waals surface area contributed by atoms with Crippen molar-refractivity contribution in [1.29, 1.82) is 0 Å². The van der Waals surface area contributed by atoms with Gasteiger partial charge in [-0.25, -0.2) is 9.13 Å². The molecule has 2 rings (SSSR count). The Hall–Kier alpha value is -1.57. The summed E-state index contributed by atoms with van der Waals surface area (Å²) in [5, 5.41) is 0. The van der Waals surface area contributed by atoms with Crippen LogP contribution in [0, 0.1) is 0 Å². The second kappa shape index (κ2) is 14.4. The van der Waals surface area contributed by atoms with Gasteiger partial charge in [0.2, 0.25) is 0 Å². The van der Waals surface area contributed by atoms with Crippen LogP contribution in [0.2, 0.25) is 0 Å². The van der Waals surface area contributed by atoms with Crippen LogP contribution < -0.4 is 4.57 Å². The molecule has 1 aromatic heterocycles. The van der Waals surface area contributed by atoms with Gasteiger partial charge in [0.1, 0.15) is 12.4 Å². The molecule has 0 saturated heterocycles. The zero-order valence-electron chi connectivity index (χ0n) is 18.5. The molecule has 2 heteroatoms. The van der Waals surface area contributed by atoms with E-state index in [4.69, 9.17) is 0 Å². The molecule has 0 spiro atoms. The average Bonchev–Trinajstić information content (AvgIpc) is 3.12. The van der Waals surface area contributed by atoms with Crippen LogP contribution in [0.1, 0.15) is 95.9 Å².